The molecule has 0 bridgehead atoms. The van der Waals surface area contributed by atoms with Crippen molar-refractivity contribution < 1.29 is 4.79 Å². The first-order chi connectivity index (χ1) is 8.16. The number of carbonyl (C=O) groups excluding carboxylic acids is 1. The molecule has 1 aliphatic heterocycles. The molecule has 0 saturated carbocycles. The Balaban J connectivity index is 1.93. The predicted octanol–water partition coefficient (Wildman–Crippen LogP) is 0.356. The van der Waals surface area contributed by atoms with Gasteiger partial charge in [0.1, 0.15) is 12.4 Å². The lowest BCUT2D eigenvalue weighted by Gasteiger charge is -2.21. The molecule has 1 aromatic heterocycles. The van der Waals surface area contributed by atoms with Crippen molar-refractivity contribution in [2.75, 3.05) is 33.2 Å². The summed E-state index contributed by atoms with van der Waals surface area (Å²) in [6, 6.07) is 0. The van der Waals surface area contributed by atoms with Gasteiger partial charge in [-0.25, -0.2) is 4.98 Å². The normalized spacial score (nSPS) is 18.1. The number of nitrogens with zero attached hydrogens (tertiary/aromatic N) is 4. The van der Waals surface area contributed by atoms with Crippen molar-refractivity contribution in [3.05, 3.63) is 18.2 Å². The molecule has 2 rings (SSSR count). The first-order valence-corrected chi connectivity index (χ1v) is 6.11. The van der Waals surface area contributed by atoms with E-state index >= 15 is 0 Å². The fourth-order valence-electron chi connectivity index (χ4n) is 2.11. The summed E-state index contributed by atoms with van der Waals surface area (Å²) in [6.07, 6.45) is 4.65. The molecule has 1 saturated heterocycles. The number of hydrogen-bond donors (Lipinski definition) is 0. The van der Waals surface area contributed by atoms with Crippen molar-refractivity contribution in [3.8, 4) is 0 Å². The minimum atomic E-state index is 0.196. The highest BCUT2D eigenvalue weighted by atomic mass is 16.2. The molecule has 1 aliphatic rings. The Morgan fingerprint density at radius 2 is 2.18 bits per heavy atom. The lowest BCUT2D eigenvalue weighted by atomic mass is 10.3. The van der Waals surface area contributed by atoms with E-state index in [1.165, 1.54) is 0 Å². The standard InChI is InChI=1S/C12H20N4O/c1-11-13-4-7-16(11)10-12(17)15-6-3-5-14(2)8-9-15/h4,7H,3,5-6,8-10H2,1-2H3. The molecule has 5 heteroatoms. The monoisotopic (exact) mass is 236 g/mol. The summed E-state index contributed by atoms with van der Waals surface area (Å²) in [6.45, 7) is 6.08. The van der Waals surface area contributed by atoms with Gasteiger partial charge in [-0.2, -0.15) is 0 Å². The SMILES string of the molecule is Cc1nccn1CC(=O)N1CCCN(C)CC1. The topological polar surface area (TPSA) is 41.4 Å². The molecule has 94 valence electrons. The molecule has 0 unspecified atom stereocenters. The largest absolute Gasteiger partial charge is 0.340 e. The van der Waals surface area contributed by atoms with Crippen LogP contribution in [-0.2, 0) is 11.3 Å². The van der Waals surface area contributed by atoms with Crippen LogP contribution < -0.4 is 0 Å². The maximum absolute atomic E-state index is 12.1. The van der Waals surface area contributed by atoms with Crippen LogP contribution >= 0.6 is 0 Å². The molecule has 0 aliphatic carbocycles. The number of amides is 1. The third kappa shape index (κ3) is 3.06. The zero-order valence-corrected chi connectivity index (χ0v) is 10.6. The Morgan fingerprint density at radius 3 is 2.88 bits per heavy atom. The summed E-state index contributed by atoms with van der Waals surface area (Å²) >= 11 is 0. The fourth-order valence-corrected chi connectivity index (χ4v) is 2.11. The Labute approximate surface area is 102 Å². The van der Waals surface area contributed by atoms with Gasteiger partial charge in [0.05, 0.1) is 0 Å². The van der Waals surface area contributed by atoms with Crippen LogP contribution in [0.2, 0.25) is 0 Å². The van der Waals surface area contributed by atoms with Crippen LogP contribution in [0, 0.1) is 6.92 Å². The number of hydrogen-bond acceptors (Lipinski definition) is 3. The van der Waals surface area contributed by atoms with Crippen LogP contribution in [-0.4, -0.2) is 58.5 Å². The Morgan fingerprint density at radius 1 is 1.35 bits per heavy atom. The molecule has 0 aromatic carbocycles. The summed E-state index contributed by atoms with van der Waals surface area (Å²) < 4.78 is 1.90. The molecule has 2 heterocycles. The van der Waals surface area contributed by atoms with E-state index in [2.05, 4.69) is 16.9 Å². The Hall–Kier alpha value is -1.36. The number of aryl methyl sites for hydroxylation is 1. The molecule has 0 spiro atoms. The molecule has 0 radical (unpaired) electrons. The maximum Gasteiger partial charge on any atom is 0.242 e. The van der Waals surface area contributed by atoms with E-state index in [0.717, 1.165) is 38.4 Å². The first kappa shape index (κ1) is 12.1. The van der Waals surface area contributed by atoms with Crippen LogP contribution in [0.3, 0.4) is 0 Å². The number of rotatable bonds is 2. The van der Waals surface area contributed by atoms with Crippen molar-refractivity contribution in [2.24, 2.45) is 0 Å². The van der Waals surface area contributed by atoms with E-state index in [9.17, 15) is 4.79 Å². The van der Waals surface area contributed by atoms with Crippen LogP contribution in [0.4, 0.5) is 0 Å². The quantitative estimate of drug-likeness (QED) is 0.744. The average molecular weight is 236 g/mol. The van der Waals surface area contributed by atoms with E-state index in [0.29, 0.717) is 6.54 Å². The number of imidazole rings is 1. The van der Waals surface area contributed by atoms with Gasteiger partial charge in [-0.05, 0) is 26.9 Å². The zero-order valence-electron chi connectivity index (χ0n) is 10.6. The van der Waals surface area contributed by atoms with E-state index in [4.69, 9.17) is 0 Å². The molecule has 0 N–H and O–H groups in total. The second-order valence-corrected chi connectivity index (χ2v) is 4.64. The molecule has 5 nitrogen and oxygen atoms in total. The van der Waals surface area contributed by atoms with Gasteiger partial charge >= 0.3 is 0 Å². The van der Waals surface area contributed by atoms with Crippen LogP contribution in [0.5, 0.6) is 0 Å². The van der Waals surface area contributed by atoms with Gasteiger partial charge in [0.2, 0.25) is 5.91 Å². The fraction of sp³-hybridized carbons (Fsp3) is 0.667. The zero-order chi connectivity index (χ0) is 12.3. The van der Waals surface area contributed by atoms with Gasteiger partial charge in [0.15, 0.2) is 0 Å². The van der Waals surface area contributed by atoms with Crippen molar-refractivity contribution in [3.63, 3.8) is 0 Å². The van der Waals surface area contributed by atoms with Crippen LogP contribution in [0.15, 0.2) is 12.4 Å². The highest BCUT2D eigenvalue weighted by Gasteiger charge is 2.17. The summed E-state index contributed by atoms with van der Waals surface area (Å²) in [4.78, 5) is 20.5. The number of likely N-dealkylation sites (N-methyl/N-ethyl adjacent to an activating group) is 1. The van der Waals surface area contributed by atoms with Crippen molar-refractivity contribution in [1.82, 2.24) is 19.4 Å². The van der Waals surface area contributed by atoms with Gasteiger partial charge in [0, 0.05) is 32.0 Å². The van der Waals surface area contributed by atoms with E-state index in [-0.39, 0.29) is 5.91 Å². The third-order valence-electron chi connectivity index (χ3n) is 3.30. The molecule has 0 atom stereocenters. The minimum absolute atomic E-state index is 0.196. The van der Waals surface area contributed by atoms with E-state index in [1.54, 1.807) is 6.20 Å². The average Bonchev–Trinajstić information content (AvgIpc) is 2.57. The first-order valence-electron chi connectivity index (χ1n) is 6.11. The maximum atomic E-state index is 12.1. The highest BCUT2D eigenvalue weighted by molar-refractivity contribution is 5.76. The van der Waals surface area contributed by atoms with Crippen molar-refractivity contribution in [2.45, 2.75) is 19.9 Å². The summed E-state index contributed by atoms with van der Waals surface area (Å²) in [5.74, 6) is 1.09. The van der Waals surface area contributed by atoms with E-state index < -0.39 is 0 Å². The van der Waals surface area contributed by atoms with Gasteiger partial charge in [0.25, 0.3) is 0 Å². The van der Waals surface area contributed by atoms with Crippen molar-refractivity contribution in [1.29, 1.82) is 0 Å². The molecular weight excluding hydrogens is 216 g/mol. The van der Waals surface area contributed by atoms with Crippen molar-refractivity contribution >= 4 is 5.91 Å². The minimum Gasteiger partial charge on any atom is -0.340 e. The number of carbonyl (C=O) groups is 1. The summed E-state index contributed by atoms with van der Waals surface area (Å²) in [7, 11) is 2.11. The van der Waals surface area contributed by atoms with Gasteiger partial charge in [-0.1, -0.05) is 0 Å². The predicted molar refractivity (Wildman–Crippen MR) is 65.7 cm³/mol. The molecule has 1 fully saturated rings. The molecule has 1 amide bonds. The van der Waals surface area contributed by atoms with Crippen LogP contribution in [0.25, 0.3) is 0 Å². The molecule has 1 aromatic rings. The summed E-state index contributed by atoms with van der Waals surface area (Å²) in [5, 5.41) is 0. The lowest BCUT2D eigenvalue weighted by molar-refractivity contribution is -0.131. The Kier molecular flexibility index (Phi) is 3.78. The lowest BCUT2D eigenvalue weighted by Crippen LogP contribution is -2.36. The second kappa shape index (κ2) is 5.31. The smallest absolute Gasteiger partial charge is 0.242 e. The van der Waals surface area contributed by atoms with Gasteiger partial charge in [-0.3, -0.25) is 4.79 Å². The van der Waals surface area contributed by atoms with E-state index in [1.807, 2.05) is 22.6 Å². The van der Waals surface area contributed by atoms with Gasteiger partial charge in [-0.15, -0.1) is 0 Å². The second-order valence-electron chi connectivity index (χ2n) is 4.64. The summed E-state index contributed by atoms with van der Waals surface area (Å²) in [5.41, 5.74) is 0. The molecule has 17 heavy (non-hydrogen) atoms. The highest BCUT2D eigenvalue weighted by Crippen LogP contribution is 2.04. The number of aromatic nitrogens is 2. The van der Waals surface area contributed by atoms with Gasteiger partial charge < -0.3 is 14.4 Å². The van der Waals surface area contributed by atoms with Crippen LogP contribution in [0.1, 0.15) is 12.2 Å². The third-order valence-corrected chi connectivity index (χ3v) is 3.30. The Bertz CT molecular complexity index is 388. The molecular formula is C12H20N4O.